The molecule has 1 fully saturated rings. The Bertz CT molecular complexity index is 850. The van der Waals surface area contributed by atoms with E-state index in [0.29, 0.717) is 32.2 Å². The highest BCUT2D eigenvalue weighted by Gasteiger charge is 2.29. The third-order valence-corrected chi connectivity index (χ3v) is 6.83. The van der Waals surface area contributed by atoms with E-state index in [1.807, 2.05) is 18.2 Å². The van der Waals surface area contributed by atoms with Crippen LogP contribution in [0, 0.1) is 5.92 Å². The lowest BCUT2D eigenvalue weighted by Gasteiger charge is -2.37. The summed E-state index contributed by atoms with van der Waals surface area (Å²) in [5.41, 5.74) is 7.78. The molecule has 1 heterocycles. The summed E-state index contributed by atoms with van der Waals surface area (Å²) in [4.78, 5) is 15.2. The SMILES string of the molecule is NCC(Cc1ccc(Cl)c(Cl)c1)N1CCC(C(=O)c2ccc(Cl)c(Cl)c2)CC1. The minimum atomic E-state index is -0.00288. The molecular weight excluding hydrogens is 438 g/mol. The Kier molecular flexibility index (Phi) is 7.66. The van der Waals surface area contributed by atoms with Crippen LogP contribution in [0.15, 0.2) is 36.4 Å². The van der Waals surface area contributed by atoms with Gasteiger partial charge in [-0.3, -0.25) is 9.69 Å². The highest BCUT2D eigenvalue weighted by atomic mass is 35.5. The maximum atomic E-state index is 12.8. The number of nitrogens with two attached hydrogens (primary N) is 1. The molecule has 2 aromatic carbocycles. The number of hydrogen-bond acceptors (Lipinski definition) is 3. The summed E-state index contributed by atoms with van der Waals surface area (Å²) >= 11 is 24.1. The Hall–Kier alpha value is -0.810. The van der Waals surface area contributed by atoms with Gasteiger partial charge < -0.3 is 5.73 Å². The topological polar surface area (TPSA) is 46.3 Å². The van der Waals surface area contributed by atoms with Crippen LogP contribution in [0.4, 0.5) is 0 Å². The summed E-state index contributed by atoms with van der Waals surface area (Å²) < 4.78 is 0. The van der Waals surface area contributed by atoms with Crippen molar-refractivity contribution in [1.29, 1.82) is 0 Å². The molecule has 0 aromatic heterocycles. The molecule has 3 nitrogen and oxygen atoms in total. The van der Waals surface area contributed by atoms with Crippen molar-refractivity contribution in [1.82, 2.24) is 4.90 Å². The molecule has 1 atom stereocenters. The molecule has 28 heavy (non-hydrogen) atoms. The van der Waals surface area contributed by atoms with Crippen LogP contribution >= 0.6 is 46.4 Å². The highest BCUT2D eigenvalue weighted by molar-refractivity contribution is 6.42. The minimum absolute atomic E-state index is 0.00288. The van der Waals surface area contributed by atoms with Crippen molar-refractivity contribution in [2.45, 2.75) is 25.3 Å². The Labute approximate surface area is 185 Å². The van der Waals surface area contributed by atoms with E-state index in [4.69, 9.17) is 52.1 Å². The van der Waals surface area contributed by atoms with E-state index in [1.54, 1.807) is 18.2 Å². The van der Waals surface area contributed by atoms with E-state index in [0.717, 1.165) is 37.9 Å². The van der Waals surface area contributed by atoms with Gasteiger partial charge >= 0.3 is 0 Å². The molecule has 150 valence electrons. The zero-order chi connectivity index (χ0) is 20.3. The molecule has 0 bridgehead atoms. The number of likely N-dealkylation sites (tertiary alicyclic amines) is 1. The lowest BCUT2D eigenvalue weighted by Crippen LogP contribution is -2.47. The van der Waals surface area contributed by atoms with Crippen molar-refractivity contribution >= 4 is 52.2 Å². The largest absolute Gasteiger partial charge is 0.329 e. The fraction of sp³-hybridized carbons (Fsp3) is 0.381. The monoisotopic (exact) mass is 458 g/mol. The van der Waals surface area contributed by atoms with Gasteiger partial charge in [-0.15, -0.1) is 0 Å². The maximum Gasteiger partial charge on any atom is 0.166 e. The average Bonchev–Trinajstić information content (AvgIpc) is 2.70. The normalized spacial score (nSPS) is 16.9. The minimum Gasteiger partial charge on any atom is -0.329 e. The van der Waals surface area contributed by atoms with E-state index in [-0.39, 0.29) is 17.7 Å². The van der Waals surface area contributed by atoms with Crippen molar-refractivity contribution in [2.24, 2.45) is 11.7 Å². The van der Waals surface area contributed by atoms with E-state index < -0.39 is 0 Å². The van der Waals surface area contributed by atoms with Crippen LogP contribution in [-0.2, 0) is 6.42 Å². The van der Waals surface area contributed by atoms with Crippen LogP contribution in [0.25, 0.3) is 0 Å². The molecule has 0 spiro atoms. The third-order valence-electron chi connectivity index (χ3n) is 5.35. The number of Topliss-reactive ketones (excluding diaryl/α,β-unsaturated/α-hetero) is 1. The molecule has 2 N–H and O–H groups in total. The van der Waals surface area contributed by atoms with Gasteiger partial charge in [-0.2, -0.15) is 0 Å². The quantitative estimate of drug-likeness (QED) is 0.558. The summed E-state index contributed by atoms with van der Waals surface area (Å²) in [6, 6.07) is 11.0. The first kappa shape index (κ1) is 21.9. The molecule has 0 amide bonds. The molecule has 1 aliphatic heterocycles. The first-order valence-corrected chi connectivity index (χ1v) is 10.8. The highest BCUT2D eigenvalue weighted by Crippen LogP contribution is 2.28. The molecule has 1 aliphatic rings. The average molecular weight is 460 g/mol. The number of carbonyl (C=O) groups is 1. The van der Waals surface area contributed by atoms with Gasteiger partial charge in [0, 0.05) is 24.1 Å². The number of nitrogens with zero attached hydrogens (tertiary/aromatic N) is 1. The summed E-state index contributed by atoms with van der Waals surface area (Å²) in [7, 11) is 0. The van der Waals surface area contributed by atoms with Gasteiger partial charge in [0.25, 0.3) is 0 Å². The zero-order valence-corrected chi connectivity index (χ0v) is 18.3. The van der Waals surface area contributed by atoms with E-state index in [9.17, 15) is 4.79 Å². The molecule has 0 aliphatic carbocycles. The number of ketones is 1. The van der Waals surface area contributed by atoms with Gasteiger partial charge in [0.15, 0.2) is 5.78 Å². The number of piperidine rings is 1. The number of rotatable bonds is 6. The summed E-state index contributed by atoms with van der Waals surface area (Å²) in [5.74, 6) is 0.129. The third kappa shape index (κ3) is 5.21. The van der Waals surface area contributed by atoms with Gasteiger partial charge in [0.1, 0.15) is 0 Å². The van der Waals surface area contributed by atoms with Gasteiger partial charge in [0.2, 0.25) is 0 Å². The Balaban J connectivity index is 1.60. The Morgan fingerprint density at radius 1 is 0.964 bits per heavy atom. The molecule has 1 unspecified atom stereocenters. The number of carbonyl (C=O) groups excluding carboxylic acids is 1. The zero-order valence-electron chi connectivity index (χ0n) is 15.3. The van der Waals surface area contributed by atoms with Crippen molar-refractivity contribution < 1.29 is 4.79 Å². The lowest BCUT2D eigenvalue weighted by molar-refractivity contribution is 0.0795. The molecule has 7 heteroatoms. The first-order valence-electron chi connectivity index (χ1n) is 9.26. The molecule has 0 saturated carbocycles. The number of hydrogen-bond donors (Lipinski definition) is 1. The Morgan fingerprint density at radius 3 is 2.14 bits per heavy atom. The smallest absolute Gasteiger partial charge is 0.166 e. The van der Waals surface area contributed by atoms with Crippen LogP contribution < -0.4 is 5.73 Å². The fourth-order valence-electron chi connectivity index (χ4n) is 3.71. The second-order valence-corrected chi connectivity index (χ2v) is 8.77. The van der Waals surface area contributed by atoms with Gasteiger partial charge in [-0.05, 0) is 68.2 Å². The van der Waals surface area contributed by atoms with Crippen molar-refractivity contribution in [3.63, 3.8) is 0 Å². The second-order valence-electron chi connectivity index (χ2n) is 7.15. The number of halogens is 4. The summed E-state index contributed by atoms with van der Waals surface area (Å²) in [6.45, 7) is 2.22. The van der Waals surface area contributed by atoms with Crippen LogP contribution in [0.3, 0.4) is 0 Å². The van der Waals surface area contributed by atoms with Crippen molar-refractivity contribution in [2.75, 3.05) is 19.6 Å². The van der Waals surface area contributed by atoms with Crippen LogP contribution in [-0.4, -0.2) is 36.4 Å². The van der Waals surface area contributed by atoms with E-state index >= 15 is 0 Å². The maximum absolute atomic E-state index is 12.8. The number of benzene rings is 2. The van der Waals surface area contributed by atoms with E-state index in [2.05, 4.69) is 4.90 Å². The molecule has 1 saturated heterocycles. The molecule has 0 radical (unpaired) electrons. The molecule has 3 rings (SSSR count). The summed E-state index contributed by atoms with van der Waals surface area (Å²) in [6.07, 6.45) is 2.41. The van der Waals surface area contributed by atoms with Crippen LogP contribution in [0.1, 0.15) is 28.8 Å². The van der Waals surface area contributed by atoms with Crippen molar-refractivity contribution in [3.8, 4) is 0 Å². The van der Waals surface area contributed by atoms with Crippen LogP contribution in [0.5, 0.6) is 0 Å². The lowest BCUT2D eigenvalue weighted by atomic mass is 9.88. The Morgan fingerprint density at radius 2 is 1.57 bits per heavy atom. The molecule has 2 aromatic rings. The first-order chi connectivity index (χ1) is 13.4. The van der Waals surface area contributed by atoms with Crippen molar-refractivity contribution in [3.05, 3.63) is 67.6 Å². The van der Waals surface area contributed by atoms with E-state index in [1.165, 1.54) is 0 Å². The standard InChI is InChI=1S/C21H22Cl4N2O/c22-17-3-1-13(10-19(17)24)9-16(12-26)27-7-5-14(6-8-27)21(28)15-2-4-18(23)20(25)11-15/h1-4,10-11,14,16H,5-9,12,26H2. The predicted octanol–water partition coefficient (Wildman–Crippen LogP) is 5.76. The van der Waals surface area contributed by atoms with Gasteiger partial charge in [-0.1, -0.05) is 52.5 Å². The van der Waals surface area contributed by atoms with Gasteiger partial charge in [-0.25, -0.2) is 0 Å². The van der Waals surface area contributed by atoms with Gasteiger partial charge in [0.05, 0.1) is 20.1 Å². The molecular formula is C21H22Cl4N2O. The fourth-order valence-corrected chi connectivity index (χ4v) is 4.33. The second kappa shape index (κ2) is 9.80. The predicted molar refractivity (Wildman–Crippen MR) is 118 cm³/mol. The van der Waals surface area contributed by atoms with Crippen LogP contribution in [0.2, 0.25) is 20.1 Å². The summed E-state index contributed by atoms with van der Waals surface area (Å²) in [5, 5.41) is 1.98.